The standard InChI is InChI=1S/C22H21Cl2NO2/c1-26-22-12-17(14-25-13-16-5-3-2-4-6-16)8-10-21(22)27-15-18-7-9-19(23)20(24)11-18/h2-12,25H,13-15H2,1H3. The Morgan fingerprint density at radius 3 is 2.22 bits per heavy atom. The van der Waals surface area contributed by atoms with Crippen LogP contribution < -0.4 is 14.8 Å². The quantitative estimate of drug-likeness (QED) is 0.511. The molecule has 140 valence electrons. The first kappa shape index (κ1) is 19.6. The van der Waals surface area contributed by atoms with Crippen molar-refractivity contribution in [3.63, 3.8) is 0 Å². The topological polar surface area (TPSA) is 30.5 Å². The van der Waals surface area contributed by atoms with Crippen LogP contribution in [-0.2, 0) is 19.7 Å². The van der Waals surface area contributed by atoms with Crippen molar-refractivity contribution in [2.75, 3.05) is 7.11 Å². The molecular formula is C22H21Cl2NO2. The van der Waals surface area contributed by atoms with E-state index in [-0.39, 0.29) is 0 Å². The summed E-state index contributed by atoms with van der Waals surface area (Å²) in [5.41, 5.74) is 3.33. The van der Waals surface area contributed by atoms with E-state index in [0.717, 1.165) is 24.2 Å². The van der Waals surface area contributed by atoms with E-state index < -0.39 is 0 Å². The van der Waals surface area contributed by atoms with E-state index in [1.807, 2.05) is 42.5 Å². The highest BCUT2D eigenvalue weighted by Gasteiger charge is 2.07. The Morgan fingerprint density at radius 1 is 0.741 bits per heavy atom. The van der Waals surface area contributed by atoms with Crippen molar-refractivity contribution in [1.82, 2.24) is 5.32 Å². The van der Waals surface area contributed by atoms with E-state index in [0.29, 0.717) is 28.2 Å². The molecule has 0 aliphatic carbocycles. The minimum Gasteiger partial charge on any atom is -0.493 e. The second-order valence-corrected chi connectivity index (χ2v) is 6.93. The van der Waals surface area contributed by atoms with E-state index in [1.165, 1.54) is 5.56 Å². The van der Waals surface area contributed by atoms with Crippen molar-refractivity contribution in [2.24, 2.45) is 0 Å². The molecule has 0 amide bonds. The van der Waals surface area contributed by atoms with Crippen molar-refractivity contribution >= 4 is 23.2 Å². The van der Waals surface area contributed by atoms with Crippen LogP contribution in [0.2, 0.25) is 10.0 Å². The molecule has 0 heterocycles. The number of methoxy groups -OCH3 is 1. The third-order valence-corrected chi connectivity index (χ3v) is 4.85. The number of benzene rings is 3. The first-order chi connectivity index (χ1) is 13.2. The van der Waals surface area contributed by atoms with Crippen molar-refractivity contribution in [1.29, 1.82) is 0 Å². The summed E-state index contributed by atoms with van der Waals surface area (Å²) in [4.78, 5) is 0. The molecule has 0 fully saturated rings. The minimum atomic E-state index is 0.388. The Morgan fingerprint density at radius 2 is 1.48 bits per heavy atom. The van der Waals surface area contributed by atoms with Gasteiger partial charge in [0.25, 0.3) is 0 Å². The van der Waals surface area contributed by atoms with Gasteiger partial charge in [-0.1, -0.05) is 65.7 Å². The molecule has 27 heavy (non-hydrogen) atoms. The van der Waals surface area contributed by atoms with E-state index in [4.69, 9.17) is 32.7 Å². The fraction of sp³-hybridized carbons (Fsp3) is 0.182. The Kier molecular flexibility index (Phi) is 6.99. The maximum absolute atomic E-state index is 6.05. The molecule has 0 atom stereocenters. The molecule has 0 unspecified atom stereocenters. The van der Waals surface area contributed by atoms with Gasteiger partial charge in [-0.25, -0.2) is 0 Å². The van der Waals surface area contributed by atoms with Crippen molar-refractivity contribution in [3.05, 3.63) is 93.5 Å². The number of hydrogen-bond acceptors (Lipinski definition) is 3. The van der Waals surface area contributed by atoms with Crippen LogP contribution in [-0.4, -0.2) is 7.11 Å². The summed E-state index contributed by atoms with van der Waals surface area (Å²) >= 11 is 12.0. The first-order valence-electron chi connectivity index (χ1n) is 8.64. The van der Waals surface area contributed by atoms with Gasteiger partial charge in [0.05, 0.1) is 17.2 Å². The fourth-order valence-corrected chi connectivity index (χ4v) is 3.00. The molecule has 3 aromatic carbocycles. The lowest BCUT2D eigenvalue weighted by atomic mass is 10.2. The van der Waals surface area contributed by atoms with Crippen LogP contribution in [0.1, 0.15) is 16.7 Å². The normalized spacial score (nSPS) is 10.6. The minimum absolute atomic E-state index is 0.388. The zero-order valence-electron chi connectivity index (χ0n) is 15.0. The van der Waals surface area contributed by atoms with Gasteiger partial charge in [0.15, 0.2) is 11.5 Å². The Labute approximate surface area is 169 Å². The van der Waals surface area contributed by atoms with Crippen molar-refractivity contribution < 1.29 is 9.47 Å². The maximum atomic E-state index is 6.05. The van der Waals surface area contributed by atoms with Crippen LogP contribution in [0, 0.1) is 0 Å². The molecule has 3 aromatic rings. The zero-order chi connectivity index (χ0) is 19.1. The molecule has 0 aromatic heterocycles. The van der Waals surface area contributed by atoms with Crippen LogP contribution in [0.25, 0.3) is 0 Å². The average Bonchev–Trinajstić information content (AvgIpc) is 2.70. The summed E-state index contributed by atoms with van der Waals surface area (Å²) in [7, 11) is 1.64. The molecule has 3 rings (SSSR count). The lowest BCUT2D eigenvalue weighted by Crippen LogP contribution is -2.12. The van der Waals surface area contributed by atoms with Gasteiger partial charge in [0, 0.05) is 13.1 Å². The molecule has 0 saturated carbocycles. The second-order valence-electron chi connectivity index (χ2n) is 6.11. The van der Waals surface area contributed by atoms with Gasteiger partial charge in [-0.05, 0) is 41.0 Å². The summed E-state index contributed by atoms with van der Waals surface area (Å²) in [6.07, 6.45) is 0. The van der Waals surface area contributed by atoms with Gasteiger partial charge in [-0.2, -0.15) is 0 Å². The number of nitrogens with one attached hydrogen (secondary N) is 1. The van der Waals surface area contributed by atoms with Crippen LogP contribution in [0.5, 0.6) is 11.5 Å². The highest BCUT2D eigenvalue weighted by molar-refractivity contribution is 6.42. The van der Waals surface area contributed by atoms with Gasteiger partial charge < -0.3 is 14.8 Å². The summed E-state index contributed by atoms with van der Waals surface area (Å²) < 4.78 is 11.4. The molecule has 0 aliphatic rings. The predicted octanol–water partition coefficient (Wildman–Crippen LogP) is 5.87. The number of halogens is 2. The van der Waals surface area contributed by atoms with Gasteiger partial charge >= 0.3 is 0 Å². The molecule has 0 aliphatic heterocycles. The van der Waals surface area contributed by atoms with Crippen LogP contribution >= 0.6 is 23.2 Å². The Balaban J connectivity index is 1.59. The largest absolute Gasteiger partial charge is 0.493 e. The summed E-state index contributed by atoms with van der Waals surface area (Å²) in [6, 6.07) is 21.7. The smallest absolute Gasteiger partial charge is 0.161 e. The molecule has 0 saturated heterocycles. The number of rotatable bonds is 8. The van der Waals surface area contributed by atoms with E-state index in [1.54, 1.807) is 19.2 Å². The molecule has 3 nitrogen and oxygen atoms in total. The molecular weight excluding hydrogens is 381 g/mol. The lowest BCUT2D eigenvalue weighted by Gasteiger charge is -2.13. The Hall–Kier alpha value is -2.20. The first-order valence-corrected chi connectivity index (χ1v) is 9.39. The highest BCUT2D eigenvalue weighted by Crippen LogP contribution is 2.29. The van der Waals surface area contributed by atoms with Gasteiger partial charge in [-0.3, -0.25) is 0 Å². The summed E-state index contributed by atoms with van der Waals surface area (Å²) in [5.74, 6) is 1.39. The third kappa shape index (κ3) is 5.64. The van der Waals surface area contributed by atoms with E-state index in [2.05, 4.69) is 17.4 Å². The zero-order valence-corrected chi connectivity index (χ0v) is 16.6. The lowest BCUT2D eigenvalue weighted by molar-refractivity contribution is 0.284. The van der Waals surface area contributed by atoms with E-state index in [9.17, 15) is 0 Å². The summed E-state index contributed by atoms with van der Waals surface area (Å²) in [5, 5.41) is 4.49. The molecule has 0 radical (unpaired) electrons. The number of hydrogen-bond donors (Lipinski definition) is 1. The molecule has 5 heteroatoms. The van der Waals surface area contributed by atoms with Gasteiger partial charge in [0.1, 0.15) is 6.61 Å². The fourth-order valence-electron chi connectivity index (χ4n) is 2.68. The third-order valence-electron chi connectivity index (χ3n) is 4.11. The van der Waals surface area contributed by atoms with Gasteiger partial charge in [-0.15, -0.1) is 0 Å². The van der Waals surface area contributed by atoms with E-state index >= 15 is 0 Å². The highest BCUT2D eigenvalue weighted by atomic mass is 35.5. The summed E-state index contributed by atoms with van der Waals surface area (Å²) in [6.45, 7) is 1.95. The maximum Gasteiger partial charge on any atom is 0.161 e. The molecule has 1 N–H and O–H groups in total. The monoisotopic (exact) mass is 401 g/mol. The van der Waals surface area contributed by atoms with Gasteiger partial charge in [0.2, 0.25) is 0 Å². The predicted molar refractivity (Wildman–Crippen MR) is 111 cm³/mol. The molecule has 0 spiro atoms. The Bertz CT molecular complexity index is 885. The van der Waals surface area contributed by atoms with Crippen molar-refractivity contribution in [3.8, 4) is 11.5 Å². The SMILES string of the molecule is COc1cc(CNCc2ccccc2)ccc1OCc1ccc(Cl)c(Cl)c1. The van der Waals surface area contributed by atoms with Crippen LogP contribution in [0.3, 0.4) is 0 Å². The second kappa shape index (κ2) is 9.65. The van der Waals surface area contributed by atoms with Crippen molar-refractivity contribution in [2.45, 2.75) is 19.7 Å². The average molecular weight is 402 g/mol. The van der Waals surface area contributed by atoms with Crippen LogP contribution in [0.4, 0.5) is 0 Å². The molecule has 0 bridgehead atoms. The van der Waals surface area contributed by atoms with Crippen LogP contribution in [0.15, 0.2) is 66.7 Å². The number of ether oxygens (including phenoxy) is 2.